The standard InChI is InChI=1S/C27H38N4O12/c1-4-14-15(6-5-13-9-31(7-8-32)10-16(23(37)38)19(13)30-27(28)29-2)17(24(39)40-3)12-41-25(14)43-26-22(36)21(35)20(34)18(11-33)42-26/h4-6,10,12,14-15,18,20-22,25-26,32-36H,1,7-9,11H2,2-3H3,(H,37,38)(H3,28,29,30)/p+1. The molecule has 3 aliphatic rings. The number of allylic oxidation sites excluding steroid dienone is 1. The van der Waals surface area contributed by atoms with E-state index >= 15 is 0 Å². The molecule has 0 aromatic heterocycles. The number of carbonyl (C=O) groups excluding carboxylic acids is 1. The molecule has 9 unspecified atom stereocenters. The Bertz CT molecular complexity index is 1200. The van der Waals surface area contributed by atoms with E-state index in [0.29, 0.717) is 10.5 Å². The molecule has 0 spiro atoms. The molecule has 16 nitrogen and oxygen atoms in total. The third kappa shape index (κ3) is 7.67. The van der Waals surface area contributed by atoms with E-state index in [0.717, 1.165) is 6.26 Å². The van der Waals surface area contributed by atoms with E-state index in [2.05, 4.69) is 16.9 Å². The van der Waals surface area contributed by atoms with Crippen LogP contribution in [-0.4, -0.2) is 126 Å². The highest BCUT2D eigenvalue weighted by molar-refractivity contribution is 5.94. The van der Waals surface area contributed by atoms with Crippen molar-refractivity contribution in [3.05, 3.63) is 59.7 Å². The molecule has 0 aromatic rings. The van der Waals surface area contributed by atoms with Gasteiger partial charge in [-0.25, -0.2) is 9.59 Å². The summed E-state index contributed by atoms with van der Waals surface area (Å²) in [6.07, 6.45) is -1.82. The predicted octanol–water partition coefficient (Wildman–Crippen LogP) is -4.16. The predicted molar refractivity (Wildman–Crippen MR) is 147 cm³/mol. The minimum absolute atomic E-state index is 0.0446. The third-order valence-electron chi connectivity index (χ3n) is 7.25. The molecule has 0 saturated carbocycles. The van der Waals surface area contributed by atoms with Crippen LogP contribution in [0.15, 0.2) is 64.7 Å². The Hall–Kier alpha value is -3.61. The Kier molecular flexibility index (Phi) is 12.0. The fraction of sp³-hybridized carbons (Fsp3) is 0.519. The van der Waals surface area contributed by atoms with Gasteiger partial charge in [0, 0.05) is 18.5 Å². The van der Waals surface area contributed by atoms with E-state index in [4.69, 9.17) is 24.7 Å². The molecule has 10 N–H and O–H groups in total. The summed E-state index contributed by atoms with van der Waals surface area (Å²) in [5, 5.41) is 62.4. The zero-order valence-corrected chi connectivity index (χ0v) is 23.7. The Morgan fingerprint density at radius 1 is 1.23 bits per heavy atom. The van der Waals surface area contributed by atoms with Gasteiger partial charge in [0.15, 0.2) is 12.2 Å². The number of quaternary nitrogens is 1. The highest BCUT2D eigenvalue weighted by atomic mass is 16.8. The second-order valence-corrected chi connectivity index (χ2v) is 9.91. The van der Waals surface area contributed by atoms with E-state index in [-0.39, 0.29) is 42.5 Å². The number of esters is 1. The fourth-order valence-electron chi connectivity index (χ4n) is 4.91. The number of aliphatic hydroxyl groups is 5. The number of hydrogen-bond donors (Lipinski definition) is 9. The molecule has 0 aliphatic carbocycles. The molecule has 0 radical (unpaired) electrons. The molecule has 3 heterocycles. The van der Waals surface area contributed by atoms with Gasteiger partial charge in [0.05, 0.1) is 43.8 Å². The van der Waals surface area contributed by atoms with Crippen LogP contribution in [0.4, 0.5) is 0 Å². The summed E-state index contributed by atoms with van der Waals surface area (Å²) in [5.41, 5.74) is 6.43. The van der Waals surface area contributed by atoms with Crippen molar-refractivity contribution in [2.24, 2.45) is 22.6 Å². The van der Waals surface area contributed by atoms with E-state index in [1.165, 1.54) is 26.4 Å². The number of aliphatic hydroxyl groups excluding tert-OH is 5. The molecular formula is C27H39N4O12+. The Morgan fingerprint density at radius 2 is 1.95 bits per heavy atom. The maximum atomic E-state index is 12.7. The normalized spacial score (nSPS) is 33.4. The van der Waals surface area contributed by atoms with Gasteiger partial charge in [-0.3, -0.25) is 4.99 Å². The van der Waals surface area contributed by atoms with Crippen molar-refractivity contribution in [1.29, 1.82) is 0 Å². The van der Waals surface area contributed by atoms with Gasteiger partial charge in [-0.05, 0) is 0 Å². The Morgan fingerprint density at radius 3 is 2.53 bits per heavy atom. The second-order valence-electron chi connectivity index (χ2n) is 9.91. The summed E-state index contributed by atoms with van der Waals surface area (Å²) < 4.78 is 21.8. The summed E-state index contributed by atoms with van der Waals surface area (Å²) in [5.74, 6) is -3.69. The number of hydrogen-bond acceptors (Lipinski definition) is 12. The minimum Gasteiger partial charge on any atom is -0.477 e. The van der Waals surface area contributed by atoms with Crippen LogP contribution in [0.5, 0.6) is 0 Å². The van der Waals surface area contributed by atoms with Crippen molar-refractivity contribution < 1.29 is 64.1 Å². The summed E-state index contributed by atoms with van der Waals surface area (Å²) in [6, 6.07) is 0. The number of nitrogens with one attached hydrogen (secondary N) is 2. The molecule has 3 rings (SSSR count). The third-order valence-corrected chi connectivity index (χ3v) is 7.25. The molecular weight excluding hydrogens is 572 g/mol. The average Bonchev–Trinajstić information content (AvgIpc) is 3.00. The van der Waals surface area contributed by atoms with Crippen molar-refractivity contribution in [2.75, 3.05) is 40.5 Å². The van der Waals surface area contributed by atoms with E-state index in [1.807, 2.05) is 0 Å². The number of nitrogens with two attached hydrogens (primary N) is 1. The smallest absolute Gasteiger partial charge is 0.343 e. The molecule has 238 valence electrons. The maximum absolute atomic E-state index is 12.7. The lowest BCUT2D eigenvalue weighted by Gasteiger charge is -2.42. The quantitative estimate of drug-likeness (QED) is 0.0466. The number of rotatable bonds is 11. The maximum Gasteiger partial charge on any atom is 0.343 e. The van der Waals surface area contributed by atoms with Crippen molar-refractivity contribution in [3.63, 3.8) is 0 Å². The van der Waals surface area contributed by atoms with E-state index < -0.39 is 67.4 Å². The minimum atomic E-state index is -1.71. The lowest BCUT2D eigenvalue weighted by molar-refractivity contribution is -0.843. The zero-order chi connectivity index (χ0) is 31.8. The highest BCUT2D eigenvalue weighted by Gasteiger charge is 2.47. The zero-order valence-electron chi connectivity index (χ0n) is 23.7. The van der Waals surface area contributed by atoms with Crippen LogP contribution in [0.1, 0.15) is 0 Å². The van der Waals surface area contributed by atoms with Crippen LogP contribution in [0.25, 0.3) is 0 Å². The lowest BCUT2D eigenvalue weighted by atomic mass is 9.83. The molecule has 0 aromatic carbocycles. The number of aliphatic imine (C=N–C) groups is 1. The molecule has 16 heteroatoms. The summed E-state index contributed by atoms with van der Waals surface area (Å²) in [7, 11) is 2.61. The van der Waals surface area contributed by atoms with Gasteiger partial charge >= 0.3 is 11.9 Å². The average molecular weight is 612 g/mol. The highest BCUT2D eigenvalue weighted by Crippen LogP contribution is 2.36. The SMILES string of the molecule is C=CC1C(OC2OC(CO)C(O)C(O)C2O)OC=C(C(=O)OC)C1C=CC1=C(NC(N)=NC)C(C(=O)O)=C[NH+](CCO)C1. The number of carboxylic acids is 1. The number of methoxy groups -OCH3 is 1. The van der Waals surface area contributed by atoms with Gasteiger partial charge in [-0.2, -0.15) is 0 Å². The summed E-state index contributed by atoms with van der Waals surface area (Å²) in [6.45, 7) is 3.40. The molecule has 43 heavy (non-hydrogen) atoms. The van der Waals surface area contributed by atoms with Crippen molar-refractivity contribution in [3.8, 4) is 0 Å². The number of aliphatic carboxylic acids is 1. The molecule has 3 aliphatic heterocycles. The topological polar surface area (TPSA) is 247 Å². The van der Waals surface area contributed by atoms with Gasteiger partial charge in [-0.15, -0.1) is 6.58 Å². The van der Waals surface area contributed by atoms with Gasteiger partial charge in [0.1, 0.15) is 49.3 Å². The van der Waals surface area contributed by atoms with Gasteiger partial charge in [0.25, 0.3) is 0 Å². The number of ether oxygens (including phenoxy) is 4. The molecule has 1 fully saturated rings. The largest absolute Gasteiger partial charge is 0.477 e. The molecule has 1 saturated heterocycles. The molecule has 0 bridgehead atoms. The fourth-order valence-corrected chi connectivity index (χ4v) is 4.91. The van der Waals surface area contributed by atoms with Crippen molar-refractivity contribution in [2.45, 2.75) is 37.0 Å². The van der Waals surface area contributed by atoms with Crippen LogP contribution in [0.2, 0.25) is 0 Å². The van der Waals surface area contributed by atoms with Gasteiger partial charge in [0.2, 0.25) is 6.29 Å². The Labute approximate surface area is 247 Å². The van der Waals surface area contributed by atoms with Crippen molar-refractivity contribution in [1.82, 2.24) is 5.32 Å². The number of carboxylic acid groups (broad SMARTS) is 1. The molecule has 9 atom stereocenters. The monoisotopic (exact) mass is 611 g/mol. The number of nitrogens with zero attached hydrogens (tertiary/aromatic N) is 1. The molecule has 0 amide bonds. The summed E-state index contributed by atoms with van der Waals surface area (Å²) >= 11 is 0. The second kappa shape index (κ2) is 15.2. The first kappa shape index (κ1) is 33.9. The van der Waals surface area contributed by atoms with Crippen LogP contribution in [0.3, 0.4) is 0 Å². The van der Waals surface area contributed by atoms with Crippen LogP contribution in [0, 0.1) is 11.8 Å². The van der Waals surface area contributed by atoms with E-state index in [9.17, 15) is 40.2 Å². The Balaban J connectivity index is 2.02. The number of carbonyl (C=O) groups is 2. The van der Waals surface area contributed by atoms with Crippen LogP contribution in [-0.2, 0) is 28.5 Å². The van der Waals surface area contributed by atoms with Crippen LogP contribution < -0.4 is 16.0 Å². The lowest BCUT2D eigenvalue weighted by Crippen LogP contribution is -3.09. The first-order valence-corrected chi connectivity index (χ1v) is 13.3. The number of guanidine groups is 1. The van der Waals surface area contributed by atoms with Gasteiger partial charge in [-0.1, -0.05) is 18.2 Å². The van der Waals surface area contributed by atoms with Gasteiger partial charge < -0.3 is 65.5 Å². The first-order chi connectivity index (χ1) is 20.5. The summed E-state index contributed by atoms with van der Waals surface area (Å²) in [4.78, 5) is 29.3. The van der Waals surface area contributed by atoms with Crippen molar-refractivity contribution >= 4 is 17.9 Å². The van der Waals surface area contributed by atoms with E-state index in [1.54, 1.807) is 12.2 Å². The van der Waals surface area contributed by atoms with Crippen LogP contribution >= 0.6 is 0 Å². The first-order valence-electron chi connectivity index (χ1n) is 13.3.